The van der Waals surface area contributed by atoms with Crippen LogP contribution in [-0.2, 0) is 16.0 Å². The molecule has 0 aromatic heterocycles. The van der Waals surface area contributed by atoms with E-state index in [1.54, 1.807) is 0 Å². The van der Waals surface area contributed by atoms with Gasteiger partial charge in [0.15, 0.2) is 6.10 Å². The van der Waals surface area contributed by atoms with Crippen LogP contribution in [0.4, 0.5) is 0 Å². The van der Waals surface area contributed by atoms with Crippen molar-refractivity contribution in [2.24, 2.45) is 0 Å². The molecule has 1 aromatic rings. The molecule has 150 valence electrons. The minimum absolute atomic E-state index is 0.0130. The topological polar surface area (TPSA) is 140 Å². The van der Waals surface area contributed by atoms with Crippen LogP contribution in [0, 0.1) is 0 Å². The highest BCUT2D eigenvalue weighted by Crippen LogP contribution is 2.46. The van der Waals surface area contributed by atoms with E-state index in [0.717, 1.165) is 6.07 Å². The molecule has 5 N–H and O–H groups in total. The summed E-state index contributed by atoms with van der Waals surface area (Å²) in [4.78, 5) is 14.6. The Hall–Kier alpha value is -1.91. The fraction of sp³-hybridized carbons (Fsp3) is 0.611. The SMILES string of the molecule is CCN(CC)Cc1c(O)cc(O)c2c1C(=O)O[C@@H]1[C@@H](O)[C@H](O)[C@@H](CO)O[C@@H]21. The van der Waals surface area contributed by atoms with Gasteiger partial charge in [-0.05, 0) is 13.1 Å². The maximum Gasteiger partial charge on any atom is 0.339 e. The fourth-order valence-corrected chi connectivity index (χ4v) is 3.70. The van der Waals surface area contributed by atoms with E-state index >= 15 is 0 Å². The average Bonchev–Trinajstić information content (AvgIpc) is 2.65. The van der Waals surface area contributed by atoms with Gasteiger partial charge in [-0.25, -0.2) is 4.79 Å². The molecule has 0 saturated carbocycles. The average molecular weight is 383 g/mol. The lowest BCUT2D eigenvalue weighted by atomic mass is 9.84. The van der Waals surface area contributed by atoms with E-state index in [9.17, 15) is 30.3 Å². The largest absolute Gasteiger partial charge is 0.507 e. The quantitative estimate of drug-likeness (QED) is 0.431. The summed E-state index contributed by atoms with van der Waals surface area (Å²) in [5.41, 5.74) is 0.362. The number of aliphatic hydroxyl groups excluding tert-OH is 3. The molecule has 2 heterocycles. The van der Waals surface area contributed by atoms with Gasteiger partial charge in [0.2, 0.25) is 0 Å². The van der Waals surface area contributed by atoms with Gasteiger partial charge >= 0.3 is 5.97 Å². The highest BCUT2D eigenvalue weighted by molar-refractivity contribution is 5.96. The molecule has 3 rings (SSSR count). The first kappa shape index (κ1) is 19.8. The predicted molar refractivity (Wildman–Crippen MR) is 92.3 cm³/mol. The number of rotatable bonds is 5. The molecule has 9 heteroatoms. The van der Waals surface area contributed by atoms with Crippen molar-refractivity contribution in [3.05, 3.63) is 22.8 Å². The zero-order valence-corrected chi connectivity index (χ0v) is 15.2. The number of aliphatic hydroxyl groups is 3. The van der Waals surface area contributed by atoms with Crippen LogP contribution in [0.15, 0.2) is 6.07 Å². The van der Waals surface area contributed by atoms with E-state index in [1.165, 1.54) is 0 Å². The summed E-state index contributed by atoms with van der Waals surface area (Å²) < 4.78 is 10.9. The van der Waals surface area contributed by atoms with Crippen molar-refractivity contribution >= 4 is 5.97 Å². The van der Waals surface area contributed by atoms with Crippen molar-refractivity contribution in [1.82, 2.24) is 4.90 Å². The maximum absolute atomic E-state index is 12.7. The molecular formula is C18H25NO8. The molecule has 0 amide bonds. The van der Waals surface area contributed by atoms with Gasteiger partial charge in [-0.3, -0.25) is 4.90 Å². The molecule has 0 radical (unpaired) electrons. The highest BCUT2D eigenvalue weighted by Gasteiger charge is 2.52. The molecule has 2 aliphatic heterocycles. The van der Waals surface area contributed by atoms with E-state index < -0.39 is 43.1 Å². The Balaban J connectivity index is 2.12. The lowest BCUT2D eigenvalue weighted by molar-refractivity contribution is -0.235. The standard InChI is InChI=1S/C18H25NO8/c1-3-19(4-2)6-8-9(21)5-10(22)13-12(8)18(25)27-17-15(24)14(23)11(7-20)26-16(13)17/h5,11,14-17,20-24H,3-4,6-7H2,1-2H3/t11-,14-,15+,16+,17-/m1/s1. The Labute approximate surface area is 156 Å². The summed E-state index contributed by atoms with van der Waals surface area (Å²) >= 11 is 0. The molecule has 0 bridgehead atoms. The van der Waals surface area contributed by atoms with Gasteiger partial charge in [-0.1, -0.05) is 13.8 Å². The Bertz CT molecular complexity index is 720. The summed E-state index contributed by atoms with van der Waals surface area (Å²) in [7, 11) is 0. The number of aromatic hydroxyl groups is 2. The first-order chi connectivity index (χ1) is 12.8. The monoisotopic (exact) mass is 383 g/mol. The molecule has 1 saturated heterocycles. The van der Waals surface area contributed by atoms with Gasteiger partial charge in [0.1, 0.15) is 35.9 Å². The summed E-state index contributed by atoms with van der Waals surface area (Å²) in [6.45, 7) is 4.94. The third kappa shape index (κ3) is 3.26. The molecule has 0 unspecified atom stereocenters. The van der Waals surface area contributed by atoms with Crippen LogP contribution in [0.5, 0.6) is 11.5 Å². The second-order valence-corrected chi connectivity index (χ2v) is 6.77. The molecule has 9 nitrogen and oxygen atoms in total. The first-order valence-corrected chi connectivity index (χ1v) is 8.97. The number of hydrogen-bond acceptors (Lipinski definition) is 9. The number of fused-ring (bicyclic) bond motifs is 3. The lowest BCUT2D eigenvalue weighted by Gasteiger charge is -2.44. The van der Waals surface area contributed by atoms with Crippen LogP contribution in [0.25, 0.3) is 0 Å². The first-order valence-electron chi connectivity index (χ1n) is 8.97. The van der Waals surface area contributed by atoms with E-state index in [4.69, 9.17) is 9.47 Å². The number of nitrogens with zero attached hydrogens (tertiary/aromatic N) is 1. The Morgan fingerprint density at radius 3 is 2.37 bits per heavy atom. The third-order valence-electron chi connectivity index (χ3n) is 5.30. The molecule has 0 spiro atoms. The zero-order valence-electron chi connectivity index (χ0n) is 15.2. The molecule has 1 aromatic carbocycles. The summed E-state index contributed by atoms with van der Waals surface area (Å²) in [5.74, 6) is -1.45. The van der Waals surface area contributed by atoms with Crippen molar-refractivity contribution in [2.45, 2.75) is 50.9 Å². The van der Waals surface area contributed by atoms with Crippen LogP contribution in [-0.4, -0.2) is 80.5 Å². The van der Waals surface area contributed by atoms with Crippen molar-refractivity contribution < 1.29 is 39.8 Å². The number of carbonyl (C=O) groups excluding carboxylic acids is 1. The predicted octanol–water partition coefficient (Wildman–Crippen LogP) is -0.367. The minimum Gasteiger partial charge on any atom is -0.507 e. The van der Waals surface area contributed by atoms with Crippen molar-refractivity contribution in [2.75, 3.05) is 19.7 Å². The van der Waals surface area contributed by atoms with Gasteiger partial charge in [-0.15, -0.1) is 0 Å². The Kier molecular flexibility index (Phi) is 5.59. The molecule has 5 atom stereocenters. The summed E-state index contributed by atoms with van der Waals surface area (Å²) in [6.07, 6.45) is -6.35. The van der Waals surface area contributed by atoms with Crippen LogP contribution in [0.3, 0.4) is 0 Å². The normalized spacial score (nSPS) is 30.0. The van der Waals surface area contributed by atoms with Crippen molar-refractivity contribution in [1.29, 1.82) is 0 Å². The van der Waals surface area contributed by atoms with Gasteiger partial charge in [-0.2, -0.15) is 0 Å². The molecule has 27 heavy (non-hydrogen) atoms. The Morgan fingerprint density at radius 1 is 1.11 bits per heavy atom. The number of phenols is 2. The summed E-state index contributed by atoms with van der Waals surface area (Å²) in [5, 5.41) is 50.5. The lowest BCUT2D eigenvalue weighted by Crippen LogP contribution is -2.58. The van der Waals surface area contributed by atoms with Gasteiger partial charge in [0, 0.05) is 23.7 Å². The fourth-order valence-electron chi connectivity index (χ4n) is 3.70. The van der Waals surface area contributed by atoms with Crippen LogP contribution >= 0.6 is 0 Å². The number of benzene rings is 1. The number of esters is 1. The number of carbonyl (C=O) groups is 1. The smallest absolute Gasteiger partial charge is 0.339 e. The van der Waals surface area contributed by atoms with E-state index in [-0.39, 0.29) is 29.2 Å². The number of ether oxygens (including phenoxy) is 2. The second kappa shape index (κ2) is 7.61. The van der Waals surface area contributed by atoms with E-state index in [0.29, 0.717) is 18.7 Å². The molecule has 0 aliphatic carbocycles. The zero-order chi connectivity index (χ0) is 19.9. The third-order valence-corrected chi connectivity index (χ3v) is 5.30. The number of hydrogen-bond donors (Lipinski definition) is 5. The second-order valence-electron chi connectivity index (χ2n) is 6.77. The van der Waals surface area contributed by atoms with Gasteiger partial charge in [0.25, 0.3) is 0 Å². The molecular weight excluding hydrogens is 358 g/mol. The maximum atomic E-state index is 12.7. The number of phenolic OH excluding ortho intramolecular Hbond substituents is 2. The van der Waals surface area contributed by atoms with E-state index in [1.807, 2.05) is 18.7 Å². The van der Waals surface area contributed by atoms with E-state index in [2.05, 4.69) is 0 Å². The van der Waals surface area contributed by atoms with Crippen LogP contribution < -0.4 is 0 Å². The minimum atomic E-state index is -1.49. The van der Waals surface area contributed by atoms with Crippen molar-refractivity contribution in [3.63, 3.8) is 0 Å². The summed E-state index contributed by atoms with van der Waals surface area (Å²) in [6, 6.07) is 1.13. The molecule has 1 fully saturated rings. The Morgan fingerprint density at radius 2 is 1.78 bits per heavy atom. The van der Waals surface area contributed by atoms with Gasteiger partial charge in [0.05, 0.1) is 12.2 Å². The van der Waals surface area contributed by atoms with Gasteiger partial charge < -0.3 is 35.0 Å². The van der Waals surface area contributed by atoms with Crippen molar-refractivity contribution in [3.8, 4) is 11.5 Å². The van der Waals surface area contributed by atoms with Crippen LogP contribution in [0.1, 0.15) is 41.4 Å². The molecule has 2 aliphatic rings. The highest BCUT2D eigenvalue weighted by atomic mass is 16.6. The van der Waals surface area contributed by atoms with Crippen LogP contribution in [0.2, 0.25) is 0 Å².